The average molecular weight is 325 g/mol. The number of nitrogens with zero attached hydrogens (tertiary/aromatic N) is 2. The van der Waals surface area contributed by atoms with E-state index in [2.05, 4.69) is 16.4 Å². The van der Waals surface area contributed by atoms with Crippen molar-refractivity contribution in [3.63, 3.8) is 0 Å². The Morgan fingerprint density at radius 2 is 2.04 bits per heavy atom. The molecule has 24 heavy (non-hydrogen) atoms. The first kappa shape index (κ1) is 15.1. The molecule has 6 heteroatoms. The molecular formula is C18H19N3O3. The van der Waals surface area contributed by atoms with Gasteiger partial charge in [0.15, 0.2) is 0 Å². The molecule has 6 nitrogen and oxygen atoms in total. The summed E-state index contributed by atoms with van der Waals surface area (Å²) in [5, 5.41) is 13.6. The first-order valence-corrected chi connectivity index (χ1v) is 8.26. The van der Waals surface area contributed by atoms with Crippen molar-refractivity contribution in [3.05, 3.63) is 36.2 Å². The van der Waals surface area contributed by atoms with Gasteiger partial charge in [-0.15, -0.1) is 0 Å². The number of fused-ring (bicyclic) bond motifs is 1. The summed E-state index contributed by atoms with van der Waals surface area (Å²) in [6, 6.07) is 5.70. The van der Waals surface area contributed by atoms with Gasteiger partial charge in [-0.25, -0.2) is 4.79 Å². The van der Waals surface area contributed by atoms with Crippen molar-refractivity contribution in [2.45, 2.75) is 25.2 Å². The number of aromatic nitrogens is 1. The molecule has 0 bridgehead atoms. The minimum Gasteiger partial charge on any atom is -0.396 e. The van der Waals surface area contributed by atoms with Crippen molar-refractivity contribution in [2.24, 2.45) is 5.92 Å². The van der Waals surface area contributed by atoms with Crippen molar-refractivity contribution < 1.29 is 14.7 Å². The first-order valence-electron chi connectivity index (χ1n) is 8.26. The summed E-state index contributed by atoms with van der Waals surface area (Å²) in [5.41, 5.74) is 1.96. The summed E-state index contributed by atoms with van der Waals surface area (Å²) >= 11 is 0. The summed E-state index contributed by atoms with van der Waals surface area (Å²) in [6.07, 6.45) is 5.78. The third kappa shape index (κ3) is 2.43. The van der Waals surface area contributed by atoms with Gasteiger partial charge in [0, 0.05) is 36.5 Å². The van der Waals surface area contributed by atoms with E-state index in [0.717, 1.165) is 29.3 Å². The molecule has 0 atom stereocenters. The van der Waals surface area contributed by atoms with Crippen LogP contribution in [-0.4, -0.2) is 35.2 Å². The Kier molecular flexibility index (Phi) is 3.69. The molecule has 1 aromatic carbocycles. The molecule has 4 rings (SSSR count). The van der Waals surface area contributed by atoms with Gasteiger partial charge in [0.05, 0.1) is 11.9 Å². The quantitative estimate of drug-likeness (QED) is 0.906. The number of urea groups is 1. The Morgan fingerprint density at radius 3 is 2.79 bits per heavy atom. The van der Waals surface area contributed by atoms with Gasteiger partial charge in [0.2, 0.25) is 5.91 Å². The van der Waals surface area contributed by atoms with Crippen molar-refractivity contribution in [1.29, 1.82) is 0 Å². The maximum absolute atomic E-state index is 12.2. The van der Waals surface area contributed by atoms with E-state index in [9.17, 15) is 14.7 Å². The normalized spacial score (nSPS) is 24.0. The number of amides is 3. The summed E-state index contributed by atoms with van der Waals surface area (Å²) < 4.78 is 0. The SMILES string of the molecule is O=C1CCN(c2cncc3c2cccc3[C@H]2C[C@H](CO)C2)C(=O)N1. The molecule has 1 saturated heterocycles. The Morgan fingerprint density at radius 1 is 1.21 bits per heavy atom. The van der Waals surface area contributed by atoms with Crippen molar-refractivity contribution in [1.82, 2.24) is 10.3 Å². The van der Waals surface area contributed by atoms with E-state index in [1.165, 1.54) is 5.56 Å². The van der Waals surface area contributed by atoms with Gasteiger partial charge in [-0.3, -0.25) is 20.0 Å². The Hall–Kier alpha value is -2.47. The van der Waals surface area contributed by atoms with Gasteiger partial charge >= 0.3 is 6.03 Å². The fraction of sp³-hybridized carbons (Fsp3) is 0.389. The third-order valence-corrected chi connectivity index (χ3v) is 5.09. The van der Waals surface area contributed by atoms with E-state index in [4.69, 9.17) is 0 Å². The van der Waals surface area contributed by atoms with E-state index in [0.29, 0.717) is 24.8 Å². The van der Waals surface area contributed by atoms with Crippen LogP contribution in [0.2, 0.25) is 0 Å². The highest BCUT2D eigenvalue weighted by atomic mass is 16.3. The maximum Gasteiger partial charge on any atom is 0.328 e. The standard InChI is InChI=1S/C18H19N3O3/c22-10-11-6-12(7-11)13-2-1-3-14-15(13)8-19-9-16(14)21-5-4-17(23)20-18(21)24/h1-3,8-9,11-12,22H,4-7,10H2,(H,20,23,24)/t11-,12-. The minimum absolute atomic E-state index is 0.241. The average Bonchev–Trinajstić information content (AvgIpc) is 2.54. The lowest BCUT2D eigenvalue weighted by atomic mass is 9.71. The number of anilines is 1. The van der Waals surface area contributed by atoms with Crippen LogP contribution < -0.4 is 10.2 Å². The molecule has 0 spiro atoms. The van der Waals surface area contributed by atoms with Crippen LogP contribution in [0.25, 0.3) is 10.8 Å². The maximum atomic E-state index is 12.2. The minimum atomic E-state index is -0.394. The van der Waals surface area contributed by atoms with Crippen LogP contribution in [-0.2, 0) is 4.79 Å². The lowest BCUT2D eigenvalue weighted by molar-refractivity contribution is -0.120. The zero-order chi connectivity index (χ0) is 16.7. The highest BCUT2D eigenvalue weighted by Gasteiger charge is 2.31. The lowest BCUT2D eigenvalue weighted by Gasteiger charge is -2.35. The van der Waals surface area contributed by atoms with Crippen LogP contribution in [0.4, 0.5) is 10.5 Å². The molecule has 0 radical (unpaired) electrons. The second kappa shape index (κ2) is 5.87. The zero-order valence-corrected chi connectivity index (χ0v) is 13.2. The molecule has 2 aliphatic rings. The monoisotopic (exact) mass is 325 g/mol. The van der Waals surface area contributed by atoms with Gasteiger partial charge in [-0.2, -0.15) is 0 Å². The van der Waals surface area contributed by atoms with E-state index < -0.39 is 6.03 Å². The molecule has 2 aromatic rings. The van der Waals surface area contributed by atoms with Crippen LogP contribution in [0.3, 0.4) is 0 Å². The molecule has 124 valence electrons. The molecule has 1 aliphatic heterocycles. The number of imide groups is 1. The molecule has 1 saturated carbocycles. The van der Waals surface area contributed by atoms with Crippen LogP contribution in [0.5, 0.6) is 0 Å². The number of rotatable bonds is 3. The predicted molar refractivity (Wildman–Crippen MR) is 89.8 cm³/mol. The number of hydrogen-bond acceptors (Lipinski definition) is 4. The summed E-state index contributed by atoms with van der Waals surface area (Å²) in [4.78, 5) is 29.4. The molecular weight excluding hydrogens is 306 g/mol. The summed E-state index contributed by atoms with van der Waals surface area (Å²) in [6.45, 7) is 0.610. The molecule has 2 fully saturated rings. The number of pyridine rings is 1. The van der Waals surface area contributed by atoms with Gasteiger partial charge in [-0.1, -0.05) is 18.2 Å². The van der Waals surface area contributed by atoms with E-state index >= 15 is 0 Å². The molecule has 3 amide bonds. The fourth-order valence-corrected chi connectivity index (χ4v) is 3.71. The second-order valence-corrected chi connectivity index (χ2v) is 6.57. The summed E-state index contributed by atoms with van der Waals surface area (Å²) in [5.74, 6) is 0.578. The predicted octanol–water partition coefficient (Wildman–Crippen LogP) is 2.17. The first-order chi connectivity index (χ1) is 11.7. The Bertz CT molecular complexity index is 814. The molecule has 1 aromatic heterocycles. The van der Waals surface area contributed by atoms with Crippen molar-refractivity contribution in [2.75, 3.05) is 18.1 Å². The molecule has 2 N–H and O–H groups in total. The van der Waals surface area contributed by atoms with Crippen LogP contribution in [0, 0.1) is 5.92 Å². The molecule has 1 aliphatic carbocycles. The van der Waals surface area contributed by atoms with Gasteiger partial charge in [0.25, 0.3) is 0 Å². The van der Waals surface area contributed by atoms with Gasteiger partial charge < -0.3 is 5.11 Å². The van der Waals surface area contributed by atoms with Crippen LogP contribution >= 0.6 is 0 Å². The number of hydrogen-bond donors (Lipinski definition) is 2. The number of carbonyl (C=O) groups is 2. The van der Waals surface area contributed by atoms with Gasteiger partial charge in [-0.05, 0) is 30.2 Å². The topological polar surface area (TPSA) is 82.5 Å². The highest BCUT2D eigenvalue weighted by Crippen LogP contribution is 2.44. The highest BCUT2D eigenvalue weighted by molar-refractivity contribution is 6.10. The lowest BCUT2D eigenvalue weighted by Crippen LogP contribution is -2.49. The van der Waals surface area contributed by atoms with E-state index in [1.54, 1.807) is 11.1 Å². The van der Waals surface area contributed by atoms with Crippen molar-refractivity contribution >= 4 is 28.4 Å². The third-order valence-electron chi connectivity index (χ3n) is 5.09. The number of aliphatic hydroxyl groups is 1. The van der Waals surface area contributed by atoms with Crippen LogP contribution in [0.15, 0.2) is 30.6 Å². The Labute approximate surface area is 139 Å². The zero-order valence-electron chi connectivity index (χ0n) is 13.2. The molecule has 2 heterocycles. The largest absolute Gasteiger partial charge is 0.396 e. The fourth-order valence-electron chi connectivity index (χ4n) is 3.71. The molecule has 0 unspecified atom stereocenters. The van der Waals surface area contributed by atoms with Crippen molar-refractivity contribution in [3.8, 4) is 0 Å². The second-order valence-electron chi connectivity index (χ2n) is 6.57. The van der Waals surface area contributed by atoms with E-state index in [-0.39, 0.29) is 12.5 Å². The van der Waals surface area contributed by atoms with Crippen LogP contribution in [0.1, 0.15) is 30.7 Å². The smallest absolute Gasteiger partial charge is 0.328 e. The number of benzene rings is 1. The van der Waals surface area contributed by atoms with E-state index in [1.807, 2.05) is 18.3 Å². The number of carbonyl (C=O) groups excluding carboxylic acids is 2. The number of aliphatic hydroxyl groups excluding tert-OH is 1. The number of nitrogens with one attached hydrogen (secondary N) is 1. The van der Waals surface area contributed by atoms with Gasteiger partial charge in [0.1, 0.15) is 0 Å². The summed E-state index contributed by atoms with van der Waals surface area (Å²) in [7, 11) is 0. The Balaban J connectivity index is 1.73.